The maximum atomic E-state index is 13.5. The number of halogens is 1. The fraction of sp³-hybridized carbons (Fsp3) is 0.0833. The largest absolute Gasteiger partial charge is 0.497 e. The van der Waals surface area contributed by atoms with E-state index in [-0.39, 0.29) is 17.8 Å². The number of rotatable bonds is 4. The fourth-order valence-corrected chi connectivity index (χ4v) is 3.93. The predicted molar refractivity (Wildman–Crippen MR) is 112 cm³/mol. The summed E-state index contributed by atoms with van der Waals surface area (Å²) in [5.74, 6) is 0.262. The molecule has 5 rings (SSSR count). The molecule has 1 amide bonds. The predicted octanol–water partition coefficient (Wildman–Crippen LogP) is 4.97. The average molecular weight is 399 g/mol. The highest BCUT2D eigenvalue weighted by Gasteiger charge is 2.43. The molecule has 1 aromatic heterocycles. The molecule has 0 radical (unpaired) electrons. The molecular weight excluding hydrogens is 381 g/mol. The Morgan fingerprint density at radius 2 is 1.67 bits per heavy atom. The molecule has 0 spiro atoms. The normalized spacial score (nSPS) is 15.3. The Kier molecular flexibility index (Phi) is 4.32. The molecule has 3 aromatic carbocycles. The summed E-state index contributed by atoms with van der Waals surface area (Å²) < 4.78 is 18.7. The van der Waals surface area contributed by atoms with E-state index in [9.17, 15) is 9.18 Å². The molecule has 1 atom stereocenters. The molecule has 0 unspecified atom stereocenters. The molecule has 4 aromatic rings. The van der Waals surface area contributed by atoms with E-state index in [1.807, 2.05) is 54.6 Å². The third-order valence-corrected chi connectivity index (χ3v) is 5.35. The van der Waals surface area contributed by atoms with Gasteiger partial charge in [0.15, 0.2) is 0 Å². The van der Waals surface area contributed by atoms with Crippen LogP contribution in [0.5, 0.6) is 5.75 Å². The van der Waals surface area contributed by atoms with Gasteiger partial charge in [0.2, 0.25) is 0 Å². The molecule has 0 saturated carbocycles. The van der Waals surface area contributed by atoms with Crippen LogP contribution in [0.15, 0.2) is 78.9 Å². The van der Waals surface area contributed by atoms with Crippen molar-refractivity contribution in [3.63, 3.8) is 0 Å². The van der Waals surface area contributed by atoms with Crippen molar-refractivity contribution in [2.75, 3.05) is 12.0 Å². The van der Waals surface area contributed by atoms with E-state index in [1.165, 1.54) is 12.1 Å². The number of aromatic nitrogens is 2. The Labute approximate surface area is 172 Å². The number of amides is 1. The zero-order chi connectivity index (χ0) is 20.7. The van der Waals surface area contributed by atoms with E-state index in [1.54, 1.807) is 24.1 Å². The number of carbonyl (C=O) groups excluding carboxylic acids is 1. The number of benzene rings is 3. The number of nitrogens with zero attached hydrogens (tertiary/aromatic N) is 2. The van der Waals surface area contributed by atoms with Gasteiger partial charge in [-0.05, 0) is 54.1 Å². The number of para-hydroxylation sites is 1. The number of carbonyl (C=O) groups is 1. The standard InChI is InChI=1S/C24H18FN3O2/c1-30-19-13-9-16(10-14-19)23-20-21(15-7-11-17(25)12-8-15)26-27-22(20)24(29)28(23)18-5-3-2-4-6-18/h2-14,23H,1H3,(H,26,27)/t23-/m0/s1. The average Bonchev–Trinajstić information content (AvgIpc) is 3.34. The number of ether oxygens (including phenoxy) is 1. The van der Waals surface area contributed by atoms with E-state index in [4.69, 9.17) is 4.74 Å². The molecule has 0 fully saturated rings. The van der Waals surface area contributed by atoms with Crippen LogP contribution in [0.25, 0.3) is 11.3 Å². The number of hydrogen-bond donors (Lipinski definition) is 1. The quantitative estimate of drug-likeness (QED) is 0.527. The molecule has 0 bridgehead atoms. The van der Waals surface area contributed by atoms with Gasteiger partial charge in [0.25, 0.3) is 5.91 Å². The van der Waals surface area contributed by atoms with Crippen molar-refractivity contribution < 1.29 is 13.9 Å². The lowest BCUT2D eigenvalue weighted by Gasteiger charge is -2.26. The maximum absolute atomic E-state index is 13.5. The summed E-state index contributed by atoms with van der Waals surface area (Å²) in [4.78, 5) is 15.1. The molecule has 1 aliphatic rings. The number of hydrogen-bond acceptors (Lipinski definition) is 3. The highest BCUT2D eigenvalue weighted by Crippen LogP contribution is 2.45. The minimum atomic E-state index is -0.375. The van der Waals surface area contributed by atoms with E-state index in [0.717, 1.165) is 28.1 Å². The first-order chi connectivity index (χ1) is 14.7. The Bertz CT molecular complexity index is 1200. The highest BCUT2D eigenvalue weighted by molar-refractivity contribution is 6.11. The molecular formula is C24H18FN3O2. The van der Waals surface area contributed by atoms with Crippen molar-refractivity contribution in [1.82, 2.24) is 10.2 Å². The van der Waals surface area contributed by atoms with Crippen LogP contribution in [-0.4, -0.2) is 23.2 Å². The molecule has 1 aliphatic heterocycles. The minimum absolute atomic E-state index is 0.155. The Hall–Kier alpha value is -3.93. The van der Waals surface area contributed by atoms with Crippen LogP contribution >= 0.6 is 0 Å². The Morgan fingerprint density at radius 1 is 0.967 bits per heavy atom. The zero-order valence-electron chi connectivity index (χ0n) is 16.2. The van der Waals surface area contributed by atoms with Crippen LogP contribution in [0.2, 0.25) is 0 Å². The van der Waals surface area contributed by atoms with Crippen LogP contribution in [-0.2, 0) is 0 Å². The third kappa shape index (κ3) is 2.85. The van der Waals surface area contributed by atoms with Gasteiger partial charge in [-0.25, -0.2) is 4.39 Å². The molecule has 6 heteroatoms. The minimum Gasteiger partial charge on any atom is -0.497 e. The SMILES string of the molecule is COc1ccc([C@H]2c3c(-c4ccc(F)cc4)n[nH]c3C(=O)N2c2ccccc2)cc1. The summed E-state index contributed by atoms with van der Waals surface area (Å²) in [6, 6.07) is 22.9. The van der Waals surface area contributed by atoms with Crippen LogP contribution in [0.1, 0.15) is 27.7 Å². The van der Waals surface area contributed by atoms with Crippen LogP contribution in [0.3, 0.4) is 0 Å². The van der Waals surface area contributed by atoms with Crippen molar-refractivity contribution in [3.8, 4) is 17.0 Å². The molecule has 1 N–H and O–H groups in total. The van der Waals surface area contributed by atoms with E-state index < -0.39 is 0 Å². The van der Waals surface area contributed by atoms with E-state index in [0.29, 0.717) is 11.4 Å². The van der Waals surface area contributed by atoms with Gasteiger partial charge >= 0.3 is 0 Å². The van der Waals surface area contributed by atoms with Gasteiger partial charge < -0.3 is 4.74 Å². The summed E-state index contributed by atoms with van der Waals surface area (Å²) in [7, 11) is 1.62. The maximum Gasteiger partial charge on any atom is 0.277 e. The van der Waals surface area contributed by atoms with E-state index in [2.05, 4.69) is 10.2 Å². The van der Waals surface area contributed by atoms with Gasteiger partial charge in [-0.2, -0.15) is 5.10 Å². The molecule has 5 nitrogen and oxygen atoms in total. The molecule has 2 heterocycles. The second-order valence-electron chi connectivity index (χ2n) is 7.05. The van der Waals surface area contributed by atoms with Crippen molar-refractivity contribution in [2.45, 2.75) is 6.04 Å². The second-order valence-corrected chi connectivity index (χ2v) is 7.05. The van der Waals surface area contributed by atoms with Gasteiger partial charge in [-0.1, -0.05) is 30.3 Å². The summed E-state index contributed by atoms with van der Waals surface area (Å²) in [5.41, 5.74) is 4.32. The smallest absolute Gasteiger partial charge is 0.277 e. The topological polar surface area (TPSA) is 58.2 Å². The number of H-pyrrole nitrogens is 1. The molecule has 0 aliphatic carbocycles. The number of methoxy groups -OCH3 is 1. The number of nitrogens with one attached hydrogen (secondary N) is 1. The lowest BCUT2D eigenvalue weighted by molar-refractivity contribution is 0.0989. The summed E-state index contributed by atoms with van der Waals surface area (Å²) in [5, 5.41) is 7.32. The third-order valence-electron chi connectivity index (χ3n) is 5.35. The monoisotopic (exact) mass is 399 g/mol. The van der Waals surface area contributed by atoms with Gasteiger partial charge in [-0.15, -0.1) is 0 Å². The van der Waals surface area contributed by atoms with Gasteiger partial charge in [-0.3, -0.25) is 14.8 Å². The van der Waals surface area contributed by atoms with Crippen LogP contribution < -0.4 is 9.64 Å². The first kappa shape index (κ1) is 18.1. The van der Waals surface area contributed by atoms with Crippen LogP contribution in [0, 0.1) is 5.82 Å². The second kappa shape index (κ2) is 7.15. The summed E-state index contributed by atoms with van der Waals surface area (Å²) >= 11 is 0. The lowest BCUT2D eigenvalue weighted by Crippen LogP contribution is -2.29. The van der Waals surface area contributed by atoms with Crippen molar-refractivity contribution in [3.05, 3.63) is 102 Å². The number of fused-ring (bicyclic) bond motifs is 1. The van der Waals surface area contributed by atoms with Crippen molar-refractivity contribution >= 4 is 11.6 Å². The first-order valence-corrected chi connectivity index (χ1v) is 9.54. The fourth-order valence-electron chi connectivity index (χ4n) is 3.93. The molecule has 148 valence electrons. The van der Waals surface area contributed by atoms with Crippen LogP contribution in [0.4, 0.5) is 10.1 Å². The van der Waals surface area contributed by atoms with E-state index >= 15 is 0 Å². The summed E-state index contributed by atoms with van der Waals surface area (Å²) in [6.45, 7) is 0. The van der Waals surface area contributed by atoms with Crippen molar-refractivity contribution in [1.29, 1.82) is 0 Å². The lowest BCUT2D eigenvalue weighted by atomic mass is 9.95. The number of aromatic amines is 1. The molecule has 0 saturated heterocycles. The van der Waals surface area contributed by atoms with Crippen molar-refractivity contribution in [2.24, 2.45) is 0 Å². The summed E-state index contributed by atoms with van der Waals surface area (Å²) in [6.07, 6.45) is 0. The van der Waals surface area contributed by atoms with Gasteiger partial charge in [0, 0.05) is 16.8 Å². The van der Waals surface area contributed by atoms with Gasteiger partial charge in [0.1, 0.15) is 17.3 Å². The van der Waals surface area contributed by atoms with Gasteiger partial charge in [0.05, 0.1) is 18.8 Å². The highest BCUT2D eigenvalue weighted by atomic mass is 19.1. The first-order valence-electron chi connectivity index (χ1n) is 9.54. The Balaban J connectivity index is 1.70. The molecule has 30 heavy (non-hydrogen) atoms. The number of anilines is 1. The Morgan fingerprint density at radius 3 is 2.33 bits per heavy atom. The zero-order valence-corrected chi connectivity index (χ0v) is 16.2.